The van der Waals surface area contributed by atoms with E-state index in [1.807, 2.05) is 60.7 Å². The minimum atomic E-state index is 0.376. The van der Waals surface area contributed by atoms with Gasteiger partial charge in [-0.25, -0.2) is 0 Å². The number of azo groups is 1. The molecule has 8 heteroatoms. The van der Waals surface area contributed by atoms with Crippen LogP contribution in [0.4, 0.5) is 11.4 Å². The van der Waals surface area contributed by atoms with Gasteiger partial charge >= 0.3 is 0 Å². The lowest BCUT2D eigenvalue weighted by molar-refractivity contribution is 0.299. The normalized spacial score (nSPS) is 11.1. The van der Waals surface area contributed by atoms with Crippen molar-refractivity contribution in [3.8, 4) is 23.0 Å². The molecule has 0 N–H and O–H groups in total. The largest absolute Gasteiger partial charge is 0.497 e. The molecule has 0 radical (unpaired) electrons. The first-order chi connectivity index (χ1) is 19.7. The van der Waals surface area contributed by atoms with E-state index in [0.717, 1.165) is 71.4 Å². The van der Waals surface area contributed by atoms with Crippen molar-refractivity contribution >= 4 is 34.6 Å². The van der Waals surface area contributed by atoms with Gasteiger partial charge in [0.15, 0.2) is 0 Å². The monoisotopic (exact) mass is 586 g/mol. The van der Waals surface area contributed by atoms with Gasteiger partial charge in [0.25, 0.3) is 0 Å². The molecule has 3 aromatic carbocycles. The van der Waals surface area contributed by atoms with Crippen LogP contribution >= 0.6 is 23.2 Å². The van der Waals surface area contributed by atoms with E-state index >= 15 is 0 Å². The highest BCUT2D eigenvalue weighted by Crippen LogP contribution is 2.31. The fourth-order valence-electron chi connectivity index (χ4n) is 4.19. The fraction of sp³-hybridized carbons (Fsp3) is 0.438. The number of nitrogens with zero attached hydrogens (tertiary/aromatic N) is 2. The molecule has 0 fully saturated rings. The van der Waals surface area contributed by atoms with Crippen molar-refractivity contribution in [2.75, 3.05) is 27.4 Å². The molecule has 0 aliphatic heterocycles. The Morgan fingerprint density at radius 3 is 1.48 bits per heavy atom. The summed E-state index contributed by atoms with van der Waals surface area (Å²) in [7, 11) is 3.28. The molecule has 0 aliphatic rings. The van der Waals surface area contributed by atoms with Crippen LogP contribution in [0.1, 0.15) is 62.5 Å². The Kier molecular flexibility index (Phi) is 14.5. The van der Waals surface area contributed by atoms with Crippen molar-refractivity contribution in [1.82, 2.24) is 0 Å². The summed E-state index contributed by atoms with van der Waals surface area (Å²) in [4.78, 5) is 0. The van der Waals surface area contributed by atoms with Crippen molar-refractivity contribution in [1.29, 1.82) is 0 Å². The number of benzene rings is 3. The Bertz CT molecular complexity index is 1150. The van der Waals surface area contributed by atoms with E-state index in [-0.39, 0.29) is 0 Å². The number of unbranched alkanes of at least 4 members (excludes halogenated alkanes) is 7. The Morgan fingerprint density at radius 2 is 0.975 bits per heavy atom. The SMILES string of the molecule is COc1ccc(N=Nc2ccc(OCCCCCCCCCCOc3cc(CCl)c(OC)cc3CCl)cc2)cc1. The second-order valence-electron chi connectivity index (χ2n) is 9.46. The fourth-order valence-corrected chi connectivity index (χ4v) is 4.61. The maximum absolute atomic E-state index is 6.09. The van der Waals surface area contributed by atoms with Gasteiger partial charge in [0.2, 0.25) is 0 Å². The molecule has 0 spiro atoms. The molecule has 3 aromatic rings. The zero-order valence-electron chi connectivity index (χ0n) is 23.5. The van der Waals surface area contributed by atoms with Gasteiger partial charge < -0.3 is 18.9 Å². The van der Waals surface area contributed by atoms with Crippen LogP contribution in [0.25, 0.3) is 0 Å². The molecule has 0 bridgehead atoms. The molecule has 216 valence electrons. The summed E-state index contributed by atoms with van der Waals surface area (Å²) >= 11 is 12.1. The van der Waals surface area contributed by atoms with Crippen LogP contribution in [0.15, 0.2) is 70.9 Å². The quantitative estimate of drug-likeness (QED) is 0.0795. The Morgan fingerprint density at radius 1 is 0.525 bits per heavy atom. The number of rotatable bonds is 19. The topological polar surface area (TPSA) is 61.6 Å². The number of halogens is 2. The first-order valence-corrected chi connectivity index (χ1v) is 15.0. The minimum absolute atomic E-state index is 0.376. The molecular weight excluding hydrogens is 547 g/mol. The van der Waals surface area contributed by atoms with Gasteiger partial charge in [-0.15, -0.1) is 23.2 Å². The van der Waals surface area contributed by atoms with Crippen LogP contribution in [-0.4, -0.2) is 27.4 Å². The van der Waals surface area contributed by atoms with Gasteiger partial charge in [0.05, 0.1) is 50.6 Å². The number of alkyl halides is 2. The summed E-state index contributed by atoms with van der Waals surface area (Å²) in [6, 6.07) is 19.0. The molecule has 0 saturated carbocycles. The third-order valence-electron chi connectivity index (χ3n) is 6.51. The highest BCUT2D eigenvalue weighted by atomic mass is 35.5. The Hall–Kier alpha value is -2.96. The molecule has 0 amide bonds. The van der Waals surface area contributed by atoms with Crippen LogP contribution in [0.2, 0.25) is 0 Å². The third kappa shape index (κ3) is 10.9. The highest BCUT2D eigenvalue weighted by Gasteiger charge is 2.10. The first kappa shape index (κ1) is 31.6. The second kappa shape index (κ2) is 18.4. The lowest BCUT2D eigenvalue weighted by Crippen LogP contribution is -2.02. The van der Waals surface area contributed by atoms with Gasteiger partial charge in [0, 0.05) is 11.1 Å². The summed E-state index contributed by atoms with van der Waals surface area (Å²) < 4.78 is 22.4. The van der Waals surface area contributed by atoms with E-state index in [4.69, 9.17) is 42.1 Å². The number of ether oxygens (including phenoxy) is 4. The molecule has 0 aliphatic carbocycles. The highest BCUT2D eigenvalue weighted by molar-refractivity contribution is 6.18. The van der Waals surface area contributed by atoms with E-state index in [9.17, 15) is 0 Å². The van der Waals surface area contributed by atoms with E-state index in [0.29, 0.717) is 18.4 Å². The molecule has 40 heavy (non-hydrogen) atoms. The van der Waals surface area contributed by atoms with Crippen molar-refractivity contribution in [2.45, 2.75) is 63.1 Å². The van der Waals surface area contributed by atoms with Crippen LogP contribution < -0.4 is 18.9 Å². The molecule has 0 heterocycles. The van der Waals surface area contributed by atoms with Crippen LogP contribution in [0.5, 0.6) is 23.0 Å². The van der Waals surface area contributed by atoms with E-state index in [2.05, 4.69) is 10.2 Å². The lowest BCUT2D eigenvalue weighted by atomic mass is 10.1. The van der Waals surface area contributed by atoms with Crippen LogP contribution in [0.3, 0.4) is 0 Å². The zero-order valence-corrected chi connectivity index (χ0v) is 25.1. The van der Waals surface area contributed by atoms with Crippen molar-refractivity contribution in [3.63, 3.8) is 0 Å². The van der Waals surface area contributed by atoms with Gasteiger partial charge in [-0.2, -0.15) is 10.2 Å². The van der Waals surface area contributed by atoms with Crippen LogP contribution in [-0.2, 0) is 11.8 Å². The van der Waals surface area contributed by atoms with Gasteiger partial charge in [-0.1, -0.05) is 38.5 Å². The third-order valence-corrected chi connectivity index (χ3v) is 7.08. The summed E-state index contributed by atoms with van der Waals surface area (Å²) in [5.41, 5.74) is 3.42. The van der Waals surface area contributed by atoms with E-state index < -0.39 is 0 Å². The lowest BCUT2D eigenvalue weighted by Gasteiger charge is -2.14. The standard InChI is InChI=1S/C32H40Cl2N2O4/c1-37-29-15-11-27(12-16-29)35-36-28-13-17-30(18-14-28)39-19-9-7-5-3-4-6-8-10-20-40-32-22-25(23-33)31(38-2)21-26(32)24-34/h11-18,21-22H,3-10,19-20,23-24H2,1-2H3. The summed E-state index contributed by atoms with van der Waals surface area (Å²) in [6.45, 7) is 1.41. The van der Waals surface area contributed by atoms with E-state index in [1.54, 1.807) is 14.2 Å². The first-order valence-electron chi connectivity index (χ1n) is 13.9. The van der Waals surface area contributed by atoms with Crippen molar-refractivity contribution in [3.05, 3.63) is 71.8 Å². The molecule has 0 saturated heterocycles. The predicted molar refractivity (Wildman–Crippen MR) is 164 cm³/mol. The predicted octanol–water partition coefficient (Wildman–Crippen LogP) is 10.2. The zero-order chi connectivity index (χ0) is 28.4. The molecule has 3 rings (SSSR count). The average Bonchev–Trinajstić information content (AvgIpc) is 3.00. The maximum atomic E-state index is 6.09. The summed E-state index contributed by atoms with van der Waals surface area (Å²) in [5, 5.41) is 8.53. The van der Waals surface area contributed by atoms with Crippen LogP contribution in [0, 0.1) is 0 Å². The molecule has 6 nitrogen and oxygen atoms in total. The maximum Gasteiger partial charge on any atom is 0.124 e. The summed E-state index contributed by atoms with van der Waals surface area (Å²) in [6.07, 6.45) is 9.38. The molecule has 0 aromatic heterocycles. The van der Waals surface area contributed by atoms with E-state index in [1.165, 1.54) is 32.1 Å². The van der Waals surface area contributed by atoms with Crippen molar-refractivity contribution < 1.29 is 18.9 Å². The number of methoxy groups -OCH3 is 2. The average molecular weight is 588 g/mol. The second-order valence-corrected chi connectivity index (χ2v) is 9.99. The minimum Gasteiger partial charge on any atom is -0.497 e. The molecule has 0 atom stereocenters. The molecule has 0 unspecified atom stereocenters. The van der Waals surface area contributed by atoms with Gasteiger partial charge in [0.1, 0.15) is 23.0 Å². The van der Waals surface area contributed by atoms with Gasteiger partial charge in [-0.05, 0) is 73.5 Å². The van der Waals surface area contributed by atoms with Gasteiger partial charge in [-0.3, -0.25) is 0 Å². The number of hydrogen-bond acceptors (Lipinski definition) is 6. The summed E-state index contributed by atoms with van der Waals surface area (Å²) in [5.74, 6) is 3.97. The Labute approximate surface area is 248 Å². The number of hydrogen-bond donors (Lipinski definition) is 0. The van der Waals surface area contributed by atoms with Crippen molar-refractivity contribution in [2.24, 2.45) is 10.2 Å². The Balaban J connectivity index is 1.20. The smallest absolute Gasteiger partial charge is 0.124 e. The molecular formula is C32H40Cl2N2O4.